The third kappa shape index (κ3) is 4.23. The summed E-state index contributed by atoms with van der Waals surface area (Å²) in [4.78, 5) is 0. The summed E-state index contributed by atoms with van der Waals surface area (Å²) in [6.07, 6.45) is 0.189. The molecule has 1 unspecified atom stereocenters. The van der Waals surface area contributed by atoms with Gasteiger partial charge in [0.2, 0.25) is 0 Å². The molecule has 0 aromatic heterocycles. The first-order valence-corrected chi connectivity index (χ1v) is 6.77. The minimum absolute atomic E-state index is 0.518. The molecule has 1 atom stereocenters. The molecule has 0 saturated heterocycles. The lowest BCUT2D eigenvalue weighted by atomic mass is 10.1. The van der Waals surface area contributed by atoms with Crippen LogP contribution < -0.4 is 0 Å². The fourth-order valence-electron chi connectivity index (χ4n) is 1.26. The second-order valence-electron chi connectivity index (χ2n) is 3.17. The molecule has 0 bridgehead atoms. The fraction of sp³-hybridized carbons (Fsp3) is 0.455. The minimum atomic E-state index is -0.518. The zero-order valence-corrected chi connectivity index (χ0v) is 10.9. The highest BCUT2D eigenvalue weighted by atomic mass is 35.5. The van der Waals surface area contributed by atoms with Crippen molar-refractivity contribution in [1.29, 1.82) is 0 Å². The second-order valence-corrected chi connectivity index (χ2v) is 5.40. The summed E-state index contributed by atoms with van der Waals surface area (Å²) in [5.74, 6) is 2.00. The molecular formula is C11H14Cl2OS. The lowest BCUT2D eigenvalue weighted by molar-refractivity contribution is 0.175. The van der Waals surface area contributed by atoms with Crippen molar-refractivity contribution in [3.05, 3.63) is 33.8 Å². The van der Waals surface area contributed by atoms with Crippen molar-refractivity contribution in [2.45, 2.75) is 19.4 Å². The molecule has 1 aromatic carbocycles. The van der Waals surface area contributed by atoms with Gasteiger partial charge in [0.15, 0.2) is 0 Å². The van der Waals surface area contributed by atoms with Gasteiger partial charge in [0, 0.05) is 15.6 Å². The maximum atomic E-state index is 9.90. The van der Waals surface area contributed by atoms with Gasteiger partial charge in [-0.2, -0.15) is 11.8 Å². The van der Waals surface area contributed by atoms with Gasteiger partial charge in [0.1, 0.15) is 0 Å². The first-order chi connectivity index (χ1) is 7.15. The van der Waals surface area contributed by atoms with Crippen molar-refractivity contribution in [3.63, 3.8) is 0 Å². The molecule has 0 heterocycles. The summed E-state index contributed by atoms with van der Waals surface area (Å²) in [5.41, 5.74) is 0.723. The molecule has 1 N–H and O–H groups in total. The standard InChI is InChI=1S/C11H14Cl2OS/c1-2-15-6-5-11(14)9-7-8(12)3-4-10(9)13/h3-4,7,11,14H,2,5-6H2,1H3. The largest absolute Gasteiger partial charge is 0.388 e. The average molecular weight is 265 g/mol. The SMILES string of the molecule is CCSCCC(O)c1cc(Cl)ccc1Cl. The maximum absolute atomic E-state index is 9.90. The Labute approximate surface area is 105 Å². The first kappa shape index (κ1) is 13.2. The summed E-state index contributed by atoms with van der Waals surface area (Å²) in [6.45, 7) is 2.10. The summed E-state index contributed by atoms with van der Waals surface area (Å²) >= 11 is 13.6. The predicted molar refractivity (Wildman–Crippen MR) is 69.0 cm³/mol. The monoisotopic (exact) mass is 264 g/mol. The van der Waals surface area contributed by atoms with Crippen LogP contribution in [0.15, 0.2) is 18.2 Å². The Morgan fingerprint density at radius 3 is 2.80 bits per heavy atom. The van der Waals surface area contributed by atoms with Crippen LogP contribution in [0.5, 0.6) is 0 Å². The Kier molecular flexibility index (Phi) is 5.83. The Morgan fingerprint density at radius 1 is 1.40 bits per heavy atom. The Hall–Kier alpha value is 0.110. The maximum Gasteiger partial charge on any atom is 0.0812 e. The predicted octanol–water partition coefficient (Wildman–Crippen LogP) is 4.17. The molecule has 84 valence electrons. The van der Waals surface area contributed by atoms with Gasteiger partial charge in [-0.05, 0) is 36.1 Å². The van der Waals surface area contributed by atoms with E-state index in [4.69, 9.17) is 23.2 Å². The summed E-state index contributed by atoms with van der Waals surface area (Å²) < 4.78 is 0. The van der Waals surface area contributed by atoms with Gasteiger partial charge < -0.3 is 5.11 Å². The highest BCUT2D eigenvalue weighted by Crippen LogP contribution is 2.28. The van der Waals surface area contributed by atoms with Crippen molar-refractivity contribution in [3.8, 4) is 0 Å². The van der Waals surface area contributed by atoms with Gasteiger partial charge in [0.05, 0.1) is 6.10 Å². The van der Waals surface area contributed by atoms with Gasteiger partial charge in [-0.1, -0.05) is 30.1 Å². The van der Waals surface area contributed by atoms with Crippen LogP contribution in [-0.4, -0.2) is 16.6 Å². The molecule has 0 spiro atoms. The van der Waals surface area contributed by atoms with Crippen molar-refractivity contribution >= 4 is 35.0 Å². The quantitative estimate of drug-likeness (QED) is 0.806. The van der Waals surface area contributed by atoms with Gasteiger partial charge in [-0.15, -0.1) is 0 Å². The lowest BCUT2D eigenvalue weighted by Gasteiger charge is -2.12. The van der Waals surface area contributed by atoms with Crippen LogP contribution in [0.2, 0.25) is 10.0 Å². The number of benzene rings is 1. The normalized spacial score (nSPS) is 12.8. The van der Waals surface area contributed by atoms with Crippen LogP contribution in [0.4, 0.5) is 0 Å². The molecule has 0 fully saturated rings. The molecule has 0 aliphatic heterocycles. The molecule has 15 heavy (non-hydrogen) atoms. The van der Waals surface area contributed by atoms with E-state index in [0.717, 1.165) is 17.1 Å². The average Bonchev–Trinajstić information content (AvgIpc) is 2.22. The molecule has 1 aromatic rings. The Bertz CT molecular complexity index is 317. The zero-order chi connectivity index (χ0) is 11.3. The van der Waals surface area contributed by atoms with E-state index in [2.05, 4.69) is 6.92 Å². The van der Waals surface area contributed by atoms with E-state index in [9.17, 15) is 5.11 Å². The second kappa shape index (κ2) is 6.64. The van der Waals surface area contributed by atoms with Gasteiger partial charge in [0.25, 0.3) is 0 Å². The number of rotatable bonds is 5. The third-order valence-corrected chi connectivity index (χ3v) is 3.57. The molecule has 0 aliphatic carbocycles. The molecule has 0 amide bonds. The molecule has 1 nitrogen and oxygen atoms in total. The highest BCUT2D eigenvalue weighted by molar-refractivity contribution is 7.99. The van der Waals surface area contributed by atoms with E-state index in [1.807, 2.05) is 0 Å². The van der Waals surface area contributed by atoms with E-state index in [-0.39, 0.29) is 0 Å². The van der Waals surface area contributed by atoms with E-state index >= 15 is 0 Å². The number of hydrogen-bond donors (Lipinski definition) is 1. The minimum Gasteiger partial charge on any atom is -0.388 e. The van der Waals surface area contributed by atoms with E-state index in [1.165, 1.54) is 0 Å². The molecule has 0 saturated carbocycles. The van der Waals surface area contributed by atoms with Crippen LogP contribution in [-0.2, 0) is 0 Å². The van der Waals surface area contributed by atoms with Crippen LogP contribution >= 0.6 is 35.0 Å². The van der Waals surface area contributed by atoms with Crippen molar-refractivity contribution in [1.82, 2.24) is 0 Å². The topological polar surface area (TPSA) is 20.2 Å². The van der Waals surface area contributed by atoms with Gasteiger partial charge in [-0.25, -0.2) is 0 Å². The number of aliphatic hydroxyl groups excluding tert-OH is 1. The van der Waals surface area contributed by atoms with Gasteiger partial charge in [-0.3, -0.25) is 0 Å². The molecule has 4 heteroatoms. The summed E-state index contributed by atoms with van der Waals surface area (Å²) in [6, 6.07) is 5.17. The number of halogens is 2. The van der Waals surface area contributed by atoms with Gasteiger partial charge >= 0.3 is 0 Å². The highest BCUT2D eigenvalue weighted by Gasteiger charge is 2.11. The molecule has 0 radical (unpaired) electrons. The lowest BCUT2D eigenvalue weighted by Crippen LogP contribution is -2.00. The van der Waals surface area contributed by atoms with Crippen LogP contribution in [0.3, 0.4) is 0 Å². The number of thioether (sulfide) groups is 1. The summed E-state index contributed by atoms with van der Waals surface area (Å²) in [7, 11) is 0. The smallest absolute Gasteiger partial charge is 0.0812 e. The third-order valence-electron chi connectivity index (χ3n) is 2.06. The first-order valence-electron chi connectivity index (χ1n) is 4.86. The molecular weight excluding hydrogens is 251 g/mol. The molecule has 0 aliphatic rings. The van der Waals surface area contributed by atoms with E-state index < -0.39 is 6.10 Å². The van der Waals surface area contributed by atoms with Crippen molar-refractivity contribution in [2.24, 2.45) is 0 Å². The molecule has 1 rings (SSSR count). The van der Waals surface area contributed by atoms with Crippen LogP contribution in [0.25, 0.3) is 0 Å². The van der Waals surface area contributed by atoms with E-state index in [1.54, 1.807) is 30.0 Å². The van der Waals surface area contributed by atoms with Crippen LogP contribution in [0.1, 0.15) is 25.0 Å². The Balaban J connectivity index is 2.64. The number of hydrogen-bond acceptors (Lipinski definition) is 2. The van der Waals surface area contributed by atoms with Crippen molar-refractivity contribution < 1.29 is 5.11 Å². The van der Waals surface area contributed by atoms with Crippen LogP contribution in [0, 0.1) is 0 Å². The fourth-order valence-corrected chi connectivity index (χ4v) is 2.37. The van der Waals surface area contributed by atoms with Crippen molar-refractivity contribution in [2.75, 3.05) is 11.5 Å². The Morgan fingerprint density at radius 2 is 2.13 bits per heavy atom. The summed E-state index contributed by atoms with van der Waals surface area (Å²) in [5, 5.41) is 11.1. The zero-order valence-electron chi connectivity index (χ0n) is 8.54. The van der Waals surface area contributed by atoms with E-state index in [0.29, 0.717) is 16.5 Å². The number of aliphatic hydroxyl groups is 1.